The normalized spacial score (nSPS) is 12.1. The van der Waals surface area contributed by atoms with Crippen molar-refractivity contribution in [3.8, 4) is 11.1 Å². The fourth-order valence-corrected chi connectivity index (χ4v) is 2.73. The molecule has 3 rings (SSSR count). The lowest BCUT2D eigenvalue weighted by Gasteiger charge is -2.19. The first-order valence-electron chi connectivity index (χ1n) is 7.23. The molecule has 2 aromatic carbocycles. The largest absolute Gasteiger partial charge is 0.386 e. The quantitative estimate of drug-likeness (QED) is 0.779. The molecule has 0 unspecified atom stereocenters. The number of aromatic nitrogens is 2. The van der Waals surface area contributed by atoms with E-state index >= 15 is 0 Å². The van der Waals surface area contributed by atoms with Crippen LogP contribution in [0.4, 0.5) is 4.39 Å². The van der Waals surface area contributed by atoms with Crippen LogP contribution in [0.15, 0.2) is 36.5 Å². The molecule has 0 aliphatic rings. The maximum atomic E-state index is 13.9. The Hall–Kier alpha value is -2.20. The maximum Gasteiger partial charge on any atom is 0.126 e. The molecule has 3 nitrogen and oxygen atoms in total. The van der Waals surface area contributed by atoms with Gasteiger partial charge in [-0.1, -0.05) is 24.3 Å². The molecule has 0 spiro atoms. The Labute approximate surface area is 129 Å². The predicted octanol–water partition coefficient (Wildman–Crippen LogP) is 3.92. The lowest BCUT2D eigenvalue weighted by molar-refractivity contribution is 0.0800. The van der Waals surface area contributed by atoms with Crippen LogP contribution in [0.25, 0.3) is 22.0 Å². The predicted molar refractivity (Wildman–Crippen MR) is 86.1 cm³/mol. The van der Waals surface area contributed by atoms with Crippen LogP contribution >= 0.6 is 0 Å². The number of rotatable bonds is 2. The molecule has 0 atom stereocenters. The van der Waals surface area contributed by atoms with Gasteiger partial charge in [0.2, 0.25) is 0 Å². The summed E-state index contributed by atoms with van der Waals surface area (Å²) in [5.41, 5.74) is 2.87. The lowest BCUT2D eigenvalue weighted by atomic mass is 9.92. The first kappa shape index (κ1) is 14.7. The first-order valence-corrected chi connectivity index (χ1v) is 7.23. The van der Waals surface area contributed by atoms with Gasteiger partial charge in [-0.05, 0) is 43.5 Å². The van der Waals surface area contributed by atoms with Gasteiger partial charge in [0.1, 0.15) is 5.82 Å². The molecule has 22 heavy (non-hydrogen) atoms. The number of hydrogen-bond acceptors (Lipinski definition) is 2. The van der Waals surface area contributed by atoms with Gasteiger partial charge in [0.05, 0.1) is 11.1 Å². The van der Waals surface area contributed by atoms with E-state index in [-0.39, 0.29) is 5.82 Å². The van der Waals surface area contributed by atoms with Crippen LogP contribution in [0.3, 0.4) is 0 Å². The van der Waals surface area contributed by atoms with Crippen molar-refractivity contribution in [2.75, 3.05) is 0 Å². The van der Waals surface area contributed by atoms with Crippen LogP contribution in [0.5, 0.6) is 0 Å². The zero-order valence-corrected chi connectivity index (χ0v) is 13.2. The number of benzene rings is 2. The fourth-order valence-electron chi connectivity index (χ4n) is 2.73. The molecule has 1 N–H and O–H groups in total. The minimum atomic E-state index is -0.982. The van der Waals surface area contributed by atoms with Crippen LogP contribution in [0.2, 0.25) is 0 Å². The Balaban J connectivity index is 2.30. The van der Waals surface area contributed by atoms with E-state index in [1.165, 1.54) is 0 Å². The second kappa shape index (κ2) is 4.92. The van der Waals surface area contributed by atoms with Crippen molar-refractivity contribution in [2.45, 2.75) is 26.4 Å². The Morgan fingerprint density at radius 1 is 1.18 bits per heavy atom. The molecule has 4 heteroatoms. The monoisotopic (exact) mass is 298 g/mol. The van der Waals surface area contributed by atoms with Crippen molar-refractivity contribution in [1.82, 2.24) is 9.78 Å². The molecule has 0 aliphatic heterocycles. The molecule has 0 fully saturated rings. The number of nitrogens with zero attached hydrogens (tertiary/aromatic N) is 2. The summed E-state index contributed by atoms with van der Waals surface area (Å²) in [6.45, 7) is 5.22. The van der Waals surface area contributed by atoms with Crippen molar-refractivity contribution in [3.05, 3.63) is 53.5 Å². The van der Waals surface area contributed by atoms with Gasteiger partial charge < -0.3 is 5.11 Å². The zero-order valence-electron chi connectivity index (χ0n) is 13.2. The van der Waals surface area contributed by atoms with Gasteiger partial charge in [0.25, 0.3) is 0 Å². The number of aryl methyl sites for hydroxylation is 2. The third-order valence-corrected chi connectivity index (χ3v) is 3.93. The molecule has 0 saturated carbocycles. The van der Waals surface area contributed by atoms with Crippen LogP contribution in [0, 0.1) is 12.7 Å². The van der Waals surface area contributed by atoms with Gasteiger partial charge in [0.15, 0.2) is 0 Å². The van der Waals surface area contributed by atoms with Crippen LogP contribution < -0.4 is 0 Å². The summed E-state index contributed by atoms with van der Waals surface area (Å²) in [6.07, 6.45) is 1.90. The summed E-state index contributed by atoms with van der Waals surface area (Å²) in [5.74, 6) is -0.221. The van der Waals surface area contributed by atoms with Crippen LogP contribution in [0.1, 0.15) is 25.0 Å². The molecule has 0 amide bonds. The van der Waals surface area contributed by atoms with Crippen molar-refractivity contribution in [2.24, 2.45) is 7.05 Å². The lowest BCUT2D eigenvalue weighted by Crippen LogP contribution is -2.16. The average molecular weight is 298 g/mol. The molecule has 1 heterocycles. The third kappa shape index (κ3) is 2.40. The van der Waals surface area contributed by atoms with Crippen molar-refractivity contribution in [1.29, 1.82) is 0 Å². The minimum absolute atomic E-state index is 0.221. The average Bonchev–Trinajstić information content (AvgIpc) is 2.80. The molecule has 3 aromatic rings. The van der Waals surface area contributed by atoms with E-state index in [4.69, 9.17) is 0 Å². The number of aliphatic hydroxyl groups is 1. The minimum Gasteiger partial charge on any atom is -0.386 e. The summed E-state index contributed by atoms with van der Waals surface area (Å²) in [5, 5.41) is 15.7. The van der Waals surface area contributed by atoms with Gasteiger partial charge in [-0.15, -0.1) is 0 Å². The third-order valence-electron chi connectivity index (χ3n) is 3.93. The van der Waals surface area contributed by atoms with E-state index in [1.807, 2.05) is 31.4 Å². The Morgan fingerprint density at radius 2 is 1.91 bits per heavy atom. The van der Waals surface area contributed by atoms with E-state index in [0.29, 0.717) is 5.56 Å². The van der Waals surface area contributed by atoms with Gasteiger partial charge >= 0.3 is 0 Å². The molecule has 0 saturated heterocycles. The highest BCUT2D eigenvalue weighted by molar-refractivity contribution is 5.96. The number of hydrogen-bond donors (Lipinski definition) is 1. The summed E-state index contributed by atoms with van der Waals surface area (Å²) in [7, 11) is 1.84. The second-order valence-electron chi connectivity index (χ2n) is 6.25. The summed E-state index contributed by atoms with van der Waals surface area (Å²) in [4.78, 5) is 0. The highest BCUT2D eigenvalue weighted by Gasteiger charge is 2.22. The molecule has 1 aromatic heterocycles. The van der Waals surface area contributed by atoms with Gasteiger partial charge in [0, 0.05) is 24.2 Å². The summed E-state index contributed by atoms with van der Waals surface area (Å²) >= 11 is 0. The van der Waals surface area contributed by atoms with E-state index in [2.05, 4.69) is 5.10 Å². The highest BCUT2D eigenvalue weighted by atomic mass is 19.1. The smallest absolute Gasteiger partial charge is 0.126 e. The van der Waals surface area contributed by atoms with Crippen molar-refractivity contribution < 1.29 is 9.50 Å². The summed E-state index contributed by atoms with van der Waals surface area (Å²) < 4.78 is 15.6. The van der Waals surface area contributed by atoms with Crippen molar-refractivity contribution >= 4 is 10.9 Å². The van der Waals surface area contributed by atoms with E-state index < -0.39 is 5.60 Å². The molecular formula is C18H19FN2O. The Kier molecular flexibility index (Phi) is 3.29. The van der Waals surface area contributed by atoms with Crippen LogP contribution in [-0.2, 0) is 12.6 Å². The van der Waals surface area contributed by atoms with E-state index in [0.717, 1.165) is 27.6 Å². The zero-order chi connectivity index (χ0) is 16.1. The van der Waals surface area contributed by atoms with E-state index in [9.17, 15) is 9.50 Å². The standard InChI is InChI=1S/C18H19FN2O/c1-11-5-6-12(9-16(11)19)13-7-8-15(18(2,3)22)17-14(13)10-21(4)20-17/h5-10,22H,1-4H3. The molecule has 114 valence electrons. The fraction of sp³-hybridized carbons (Fsp3) is 0.278. The highest BCUT2D eigenvalue weighted by Crippen LogP contribution is 2.34. The van der Waals surface area contributed by atoms with Crippen molar-refractivity contribution in [3.63, 3.8) is 0 Å². The van der Waals surface area contributed by atoms with Gasteiger partial charge in [-0.25, -0.2) is 4.39 Å². The molecular weight excluding hydrogens is 279 g/mol. The summed E-state index contributed by atoms with van der Waals surface area (Å²) in [6, 6.07) is 9.01. The Bertz CT molecular complexity index is 859. The Morgan fingerprint density at radius 3 is 2.55 bits per heavy atom. The van der Waals surface area contributed by atoms with E-state index in [1.54, 1.807) is 37.6 Å². The number of fused-ring (bicyclic) bond motifs is 1. The SMILES string of the molecule is Cc1ccc(-c2ccc(C(C)(C)O)c3nn(C)cc23)cc1F. The molecule has 0 radical (unpaired) electrons. The van der Waals surface area contributed by atoms with Gasteiger partial charge in [-0.2, -0.15) is 5.10 Å². The second-order valence-corrected chi connectivity index (χ2v) is 6.25. The first-order chi connectivity index (χ1) is 10.3. The number of halogens is 1. The van der Waals surface area contributed by atoms with Gasteiger partial charge in [-0.3, -0.25) is 4.68 Å². The molecule has 0 bridgehead atoms. The topological polar surface area (TPSA) is 38.1 Å². The molecule has 0 aliphatic carbocycles. The van der Waals surface area contributed by atoms with Crippen LogP contribution in [-0.4, -0.2) is 14.9 Å². The maximum absolute atomic E-state index is 13.9.